The molecule has 0 unspecified atom stereocenters. The number of aromatic nitrogens is 3. The molecule has 0 aliphatic carbocycles. The van der Waals surface area contributed by atoms with Crippen LogP contribution in [0.5, 0.6) is 0 Å². The number of nitrogens with one attached hydrogen (secondary N) is 1. The van der Waals surface area contributed by atoms with Gasteiger partial charge >= 0.3 is 0 Å². The lowest BCUT2D eigenvalue weighted by atomic mass is 10.1. The first-order valence-electron chi connectivity index (χ1n) is 8.77. The Kier molecular flexibility index (Phi) is 4.32. The Balaban J connectivity index is 1.85. The molecule has 0 atom stereocenters. The second kappa shape index (κ2) is 6.79. The van der Waals surface area contributed by atoms with Crippen LogP contribution < -0.4 is 5.32 Å². The zero-order valence-electron chi connectivity index (χ0n) is 15.3. The summed E-state index contributed by atoms with van der Waals surface area (Å²) in [7, 11) is 0. The minimum atomic E-state index is -0.289. The maximum absolute atomic E-state index is 13.2. The summed E-state index contributed by atoms with van der Waals surface area (Å²) in [5.41, 5.74) is 3.45. The quantitative estimate of drug-likeness (QED) is 0.512. The highest BCUT2D eigenvalue weighted by molar-refractivity contribution is 5.89. The number of rotatable bonds is 4. The molecule has 0 saturated carbocycles. The molecule has 0 aliphatic heterocycles. The van der Waals surface area contributed by atoms with Gasteiger partial charge in [-0.05, 0) is 49.4 Å². The molecule has 4 rings (SSSR count). The Hall–Kier alpha value is -3.28. The number of anilines is 2. The number of hydrogen-bond acceptors (Lipinski definition) is 5. The van der Waals surface area contributed by atoms with E-state index in [2.05, 4.69) is 21.5 Å². The number of hydrogen-bond donors (Lipinski definition) is 1. The van der Waals surface area contributed by atoms with Crippen molar-refractivity contribution in [3.05, 3.63) is 65.8 Å². The lowest BCUT2D eigenvalue weighted by Crippen LogP contribution is -1.99. The Morgan fingerprint density at radius 2 is 1.78 bits per heavy atom. The first kappa shape index (κ1) is 17.1. The van der Waals surface area contributed by atoms with E-state index in [9.17, 15) is 4.39 Å². The summed E-state index contributed by atoms with van der Waals surface area (Å²) in [5, 5.41) is 8.36. The van der Waals surface area contributed by atoms with Crippen molar-refractivity contribution in [3.8, 4) is 11.4 Å². The first-order valence-corrected chi connectivity index (χ1v) is 8.77. The molecule has 2 aromatic carbocycles. The molecule has 0 fully saturated rings. The van der Waals surface area contributed by atoms with Gasteiger partial charge in [-0.25, -0.2) is 9.37 Å². The van der Waals surface area contributed by atoms with Gasteiger partial charge in [0, 0.05) is 17.0 Å². The molecule has 0 saturated heterocycles. The molecule has 136 valence electrons. The zero-order valence-corrected chi connectivity index (χ0v) is 15.3. The van der Waals surface area contributed by atoms with Crippen LogP contribution in [0.15, 0.2) is 53.1 Å². The standard InChI is InChI=1S/C21H19FN4O/c1-12(2)21-25-20(26-27-21)17-11-14-10-13(3)4-9-18(14)24-19(17)23-16-7-5-15(22)6-8-16/h4-12H,1-3H3,(H,23,24). The van der Waals surface area contributed by atoms with Gasteiger partial charge in [0.15, 0.2) is 0 Å². The molecule has 1 N–H and O–H groups in total. The van der Waals surface area contributed by atoms with Gasteiger partial charge in [-0.15, -0.1) is 0 Å². The van der Waals surface area contributed by atoms with Gasteiger partial charge in [0.1, 0.15) is 11.6 Å². The van der Waals surface area contributed by atoms with E-state index in [1.807, 2.05) is 39.0 Å². The second-order valence-electron chi connectivity index (χ2n) is 6.82. The molecule has 0 aliphatic rings. The van der Waals surface area contributed by atoms with Crippen molar-refractivity contribution >= 4 is 22.4 Å². The summed E-state index contributed by atoms with van der Waals surface area (Å²) in [6, 6.07) is 14.2. The molecule has 4 aromatic rings. The van der Waals surface area contributed by atoms with Gasteiger partial charge in [0.25, 0.3) is 0 Å². The minimum absolute atomic E-state index is 0.135. The van der Waals surface area contributed by atoms with Crippen molar-refractivity contribution in [2.45, 2.75) is 26.7 Å². The normalized spacial score (nSPS) is 11.3. The van der Waals surface area contributed by atoms with Crippen LogP contribution >= 0.6 is 0 Å². The topological polar surface area (TPSA) is 63.8 Å². The Morgan fingerprint density at radius 1 is 1.00 bits per heavy atom. The third-order valence-electron chi connectivity index (χ3n) is 4.25. The molecule has 27 heavy (non-hydrogen) atoms. The van der Waals surface area contributed by atoms with Crippen LogP contribution in [0.25, 0.3) is 22.3 Å². The van der Waals surface area contributed by atoms with E-state index < -0.39 is 0 Å². The van der Waals surface area contributed by atoms with Crippen LogP contribution in [0.1, 0.15) is 31.2 Å². The van der Waals surface area contributed by atoms with Crippen molar-refractivity contribution in [1.29, 1.82) is 0 Å². The Morgan fingerprint density at radius 3 is 2.48 bits per heavy atom. The van der Waals surface area contributed by atoms with Crippen LogP contribution in [-0.2, 0) is 0 Å². The Bertz CT molecular complexity index is 1100. The average molecular weight is 362 g/mol. The monoisotopic (exact) mass is 362 g/mol. The number of halogens is 1. The van der Waals surface area contributed by atoms with E-state index in [1.165, 1.54) is 12.1 Å². The van der Waals surface area contributed by atoms with Crippen molar-refractivity contribution in [1.82, 2.24) is 15.1 Å². The van der Waals surface area contributed by atoms with Crippen molar-refractivity contribution in [3.63, 3.8) is 0 Å². The maximum atomic E-state index is 13.2. The minimum Gasteiger partial charge on any atom is -0.340 e. The molecule has 6 heteroatoms. The number of nitrogens with zero attached hydrogens (tertiary/aromatic N) is 3. The molecule has 0 spiro atoms. The molecular weight excluding hydrogens is 343 g/mol. The summed E-state index contributed by atoms with van der Waals surface area (Å²) >= 11 is 0. The average Bonchev–Trinajstić information content (AvgIpc) is 3.13. The molecule has 5 nitrogen and oxygen atoms in total. The first-order chi connectivity index (χ1) is 13.0. The summed E-state index contributed by atoms with van der Waals surface area (Å²) in [4.78, 5) is 9.25. The van der Waals surface area contributed by atoms with Crippen LogP contribution in [-0.4, -0.2) is 15.1 Å². The number of fused-ring (bicyclic) bond motifs is 1. The highest BCUT2D eigenvalue weighted by Crippen LogP contribution is 2.31. The summed E-state index contributed by atoms with van der Waals surface area (Å²) < 4.78 is 18.6. The van der Waals surface area contributed by atoms with E-state index in [0.717, 1.165) is 27.7 Å². The highest BCUT2D eigenvalue weighted by atomic mass is 19.1. The largest absolute Gasteiger partial charge is 0.340 e. The van der Waals surface area contributed by atoms with Gasteiger partial charge in [0.2, 0.25) is 11.7 Å². The van der Waals surface area contributed by atoms with E-state index in [0.29, 0.717) is 17.5 Å². The molecule has 0 bridgehead atoms. The van der Waals surface area contributed by atoms with Crippen LogP contribution in [0.3, 0.4) is 0 Å². The lowest BCUT2D eigenvalue weighted by molar-refractivity contribution is 0.365. The van der Waals surface area contributed by atoms with E-state index >= 15 is 0 Å². The maximum Gasteiger partial charge on any atom is 0.229 e. The van der Waals surface area contributed by atoms with Gasteiger partial charge in [-0.1, -0.05) is 30.6 Å². The van der Waals surface area contributed by atoms with E-state index in [-0.39, 0.29) is 11.7 Å². The van der Waals surface area contributed by atoms with Crippen LogP contribution in [0.4, 0.5) is 15.9 Å². The molecule has 0 amide bonds. The smallest absolute Gasteiger partial charge is 0.229 e. The summed E-state index contributed by atoms with van der Waals surface area (Å²) in [6.45, 7) is 6.03. The summed E-state index contributed by atoms with van der Waals surface area (Å²) in [5.74, 6) is 1.48. The van der Waals surface area contributed by atoms with Gasteiger partial charge in [0.05, 0.1) is 11.1 Å². The molecular formula is C21H19FN4O. The van der Waals surface area contributed by atoms with Crippen molar-refractivity contribution < 1.29 is 8.91 Å². The van der Waals surface area contributed by atoms with E-state index in [4.69, 9.17) is 9.51 Å². The fourth-order valence-electron chi connectivity index (χ4n) is 2.81. The zero-order chi connectivity index (χ0) is 19.0. The number of pyridine rings is 1. The fourth-order valence-corrected chi connectivity index (χ4v) is 2.81. The predicted molar refractivity (Wildman–Crippen MR) is 104 cm³/mol. The van der Waals surface area contributed by atoms with Crippen LogP contribution in [0.2, 0.25) is 0 Å². The summed E-state index contributed by atoms with van der Waals surface area (Å²) in [6.07, 6.45) is 0. The Labute approximate surface area is 156 Å². The lowest BCUT2D eigenvalue weighted by Gasteiger charge is -2.11. The fraction of sp³-hybridized carbons (Fsp3) is 0.190. The van der Waals surface area contributed by atoms with Crippen molar-refractivity contribution in [2.24, 2.45) is 0 Å². The third kappa shape index (κ3) is 3.51. The van der Waals surface area contributed by atoms with Gasteiger partial charge in [-0.3, -0.25) is 0 Å². The van der Waals surface area contributed by atoms with Gasteiger partial charge < -0.3 is 9.84 Å². The number of benzene rings is 2. The number of aryl methyl sites for hydroxylation is 1. The second-order valence-corrected chi connectivity index (χ2v) is 6.82. The van der Waals surface area contributed by atoms with E-state index in [1.54, 1.807) is 12.1 Å². The molecule has 2 aromatic heterocycles. The van der Waals surface area contributed by atoms with Gasteiger partial charge in [-0.2, -0.15) is 4.98 Å². The van der Waals surface area contributed by atoms with Crippen LogP contribution in [0, 0.1) is 12.7 Å². The molecule has 0 radical (unpaired) electrons. The third-order valence-corrected chi connectivity index (χ3v) is 4.25. The highest BCUT2D eigenvalue weighted by Gasteiger charge is 2.17. The van der Waals surface area contributed by atoms with Crippen molar-refractivity contribution in [2.75, 3.05) is 5.32 Å². The molecule has 2 heterocycles. The SMILES string of the molecule is Cc1ccc2nc(Nc3ccc(F)cc3)c(-c3noc(C(C)C)n3)cc2c1. The predicted octanol–water partition coefficient (Wildman–Crippen LogP) is 5.60.